The summed E-state index contributed by atoms with van der Waals surface area (Å²) < 4.78 is 5.03. The van der Waals surface area contributed by atoms with Crippen LogP contribution in [-0.2, 0) is 19.1 Å². The third kappa shape index (κ3) is 2.89. The number of hydrogen-bond donors (Lipinski definition) is 0. The minimum Gasteiger partial charge on any atom is -0.456 e. The van der Waals surface area contributed by atoms with Crippen molar-refractivity contribution < 1.29 is 23.9 Å². The number of esters is 1. The van der Waals surface area contributed by atoms with Crippen LogP contribution in [0.1, 0.15) is 27.9 Å². The van der Waals surface area contributed by atoms with Crippen molar-refractivity contribution in [3.8, 4) is 0 Å². The number of likely N-dealkylation sites (tertiary alicyclic amines) is 1. The predicted octanol–water partition coefficient (Wildman–Crippen LogP) is 1.84. The third-order valence-electron chi connectivity index (χ3n) is 6.04. The number of Topliss-reactive ketones (excluding diaryl/α,β-unsaturated/α-hetero) is 1. The van der Waals surface area contributed by atoms with E-state index < -0.39 is 19.1 Å². The van der Waals surface area contributed by atoms with Crippen LogP contribution < -0.4 is 0 Å². The third-order valence-corrected chi connectivity index (χ3v) is 6.04. The molecule has 2 bridgehead atoms. The van der Waals surface area contributed by atoms with Crippen molar-refractivity contribution in [2.45, 2.75) is 20.3 Å². The van der Waals surface area contributed by atoms with E-state index >= 15 is 0 Å². The van der Waals surface area contributed by atoms with Crippen LogP contribution in [0.15, 0.2) is 30.4 Å². The second-order valence-corrected chi connectivity index (χ2v) is 7.65. The standard InChI is InChI=1S/C21H21NO5/c1-11-3-4-13(7-12(11)2)16(23)10-27-17(24)9-22-20(25)18-14-5-6-15(8-14)19(18)21(22)26/h3-7,14-15,18-19H,8-10H2,1-2H3/t14-,15-,18-,19-/m0/s1. The lowest BCUT2D eigenvalue weighted by atomic mass is 9.85. The maximum absolute atomic E-state index is 12.5. The van der Waals surface area contributed by atoms with E-state index in [2.05, 4.69) is 0 Å². The second-order valence-electron chi connectivity index (χ2n) is 7.65. The molecule has 0 radical (unpaired) electrons. The van der Waals surface area contributed by atoms with Crippen LogP contribution in [0.4, 0.5) is 0 Å². The first-order chi connectivity index (χ1) is 12.9. The number of benzene rings is 1. The number of rotatable bonds is 5. The Bertz CT molecular complexity index is 857. The van der Waals surface area contributed by atoms with Crippen LogP contribution in [0, 0.1) is 37.5 Å². The van der Waals surface area contributed by atoms with Crippen LogP contribution in [0.5, 0.6) is 0 Å². The van der Waals surface area contributed by atoms with Gasteiger partial charge in [-0.15, -0.1) is 0 Å². The highest BCUT2D eigenvalue weighted by molar-refractivity contribution is 6.08. The molecule has 4 rings (SSSR count). The van der Waals surface area contributed by atoms with Crippen molar-refractivity contribution in [1.29, 1.82) is 0 Å². The summed E-state index contributed by atoms with van der Waals surface area (Å²) in [6, 6.07) is 5.28. The van der Waals surface area contributed by atoms with E-state index in [0.29, 0.717) is 5.56 Å². The quantitative estimate of drug-likeness (QED) is 0.343. The topological polar surface area (TPSA) is 80.8 Å². The maximum Gasteiger partial charge on any atom is 0.326 e. The van der Waals surface area contributed by atoms with Gasteiger partial charge >= 0.3 is 5.97 Å². The van der Waals surface area contributed by atoms with E-state index in [1.165, 1.54) is 0 Å². The number of allylic oxidation sites excluding steroid dienone is 2. The molecule has 3 aliphatic rings. The van der Waals surface area contributed by atoms with Gasteiger partial charge < -0.3 is 4.74 Å². The van der Waals surface area contributed by atoms with Crippen molar-refractivity contribution in [1.82, 2.24) is 4.90 Å². The minimum atomic E-state index is -0.742. The Morgan fingerprint density at radius 1 is 1.04 bits per heavy atom. The van der Waals surface area contributed by atoms with Crippen molar-refractivity contribution >= 4 is 23.6 Å². The fourth-order valence-electron chi connectivity index (χ4n) is 4.44. The number of amides is 2. The highest BCUT2D eigenvalue weighted by atomic mass is 16.5. The van der Waals surface area contributed by atoms with E-state index in [1.807, 2.05) is 32.1 Å². The molecule has 4 atom stereocenters. The Morgan fingerprint density at radius 3 is 2.26 bits per heavy atom. The van der Waals surface area contributed by atoms with Crippen molar-refractivity contribution in [3.05, 3.63) is 47.0 Å². The summed E-state index contributed by atoms with van der Waals surface area (Å²) in [6.07, 6.45) is 4.84. The second kappa shape index (κ2) is 6.44. The lowest BCUT2D eigenvalue weighted by molar-refractivity contribution is -0.152. The summed E-state index contributed by atoms with van der Waals surface area (Å²) in [5.74, 6) is -2.11. The molecule has 140 valence electrons. The number of fused-ring (bicyclic) bond motifs is 5. The summed E-state index contributed by atoms with van der Waals surface area (Å²) in [4.78, 5) is 50.4. The molecule has 2 aliphatic carbocycles. The molecule has 0 unspecified atom stereocenters. The molecule has 0 aromatic heterocycles. The first kappa shape index (κ1) is 17.6. The van der Waals surface area contributed by atoms with E-state index in [9.17, 15) is 19.2 Å². The Morgan fingerprint density at radius 2 is 1.67 bits per heavy atom. The van der Waals surface area contributed by atoms with Gasteiger partial charge in [-0.05, 0) is 49.3 Å². The number of ether oxygens (including phenoxy) is 1. The van der Waals surface area contributed by atoms with E-state index in [-0.39, 0.29) is 41.3 Å². The highest BCUT2D eigenvalue weighted by Gasteiger charge is 2.59. The molecule has 0 N–H and O–H groups in total. The molecule has 1 aromatic carbocycles. The zero-order valence-corrected chi connectivity index (χ0v) is 15.3. The fraction of sp³-hybridized carbons (Fsp3) is 0.429. The minimum absolute atomic E-state index is 0.101. The Labute approximate surface area is 157 Å². The molecule has 0 spiro atoms. The van der Waals surface area contributed by atoms with Gasteiger partial charge in [-0.25, -0.2) is 0 Å². The average Bonchev–Trinajstić information content (AvgIpc) is 3.32. The van der Waals surface area contributed by atoms with E-state index in [4.69, 9.17) is 4.74 Å². The number of imide groups is 1. The normalized spacial score (nSPS) is 28.0. The summed E-state index contributed by atoms with van der Waals surface area (Å²) in [6.45, 7) is 3.02. The van der Waals surface area contributed by atoms with Gasteiger partial charge in [-0.1, -0.05) is 24.3 Å². The van der Waals surface area contributed by atoms with Gasteiger partial charge in [0.2, 0.25) is 11.8 Å². The molecule has 6 nitrogen and oxygen atoms in total. The summed E-state index contributed by atoms with van der Waals surface area (Å²) in [5, 5.41) is 0. The number of carbonyl (C=O) groups is 4. The molecule has 27 heavy (non-hydrogen) atoms. The summed E-state index contributed by atoms with van der Waals surface area (Å²) in [7, 11) is 0. The fourth-order valence-corrected chi connectivity index (χ4v) is 4.44. The SMILES string of the molecule is Cc1ccc(C(=O)COC(=O)CN2C(=O)[C@@H]3[C@@H](C2=O)[C@H]2C=C[C@H]3C2)cc1C. The van der Waals surface area contributed by atoms with Crippen LogP contribution in [-0.4, -0.2) is 41.6 Å². The molecule has 1 aromatic rings. The van der Waals surface area contributed by atoms with Gasteiger partial charge in [0.25, 0.3) is 0 Å². The van der Waals surface area contributed by atoms with E-state index in [0.717, 1.165) is 22.4 Å². The first-order valence-corrected chi connectivity index (χ1v) is 9.16. The number of ketones is 1. The average molecular weight is 367 g/mol. The monoisotopic (exact) mass is 367 g/mol. The maximum atomic E-state index is 12.5. The zero-order chi connectivity index (χ0) is 19.3. The van der Waals surface area contributed by atoms with Gasteiger partial charge in [0.05, 0.1) is 11.8 Å². The summed E-state index contributed by atoms with van der Waals surface area (Å²) in [5.41, 5.74) is 2.52. The first-order valence-electron chi connectivity index (χ1n) is 9.16. The molecule has 1 aliphatic heterocycles. The highest BCUT2D eigenvalue weighted by Crippen LogP contribution is 2.52. The van der Waals surface area contributed by atoms with Crippen molar-refractivity contribution in [2.24, 2.45) is 23.7 Å². The molecular weight excluding hydrogens is 346 g/mol. The van der Waals surface area contributed by atoms with Gasteiger partial charge in [-0.3, -0.25) is 24.1 Å². The molecule has 1 saturated heterocycles. The lowest BCUT2D eigenvalue weighted by Crippen LogP contribution is -2.38. The van der Waals surface area contributed by atoms with Gasteiger partial charge in [0.15, 0.2) is 12.4 Å². The molecule has 1 saturated carbocycles. The van der Waals surface area contributed by atoms with Crippen LogP contribution in [0.2, 0.25) is 0 Å². The zero-order valence-electron chi connectivity index (χ0n) is 15.3. The van der Waals surface area contributed by atoms with Gasteiger partial charge in [0, 0.05) is 5.56 Å². The van der Waals surface area contributed by atoms with Crippen molar-refractivity contribution in [2.75, 3.05) is 13.2 Å². The van der Waals surface area contributed by atoms with Crippen LogP contribution in [0.25, 0.3) is 0 Å². The molecule has 6 heteroatoms. The van der Waals surface area contributed by atoms with Gasteiger partial charge in [0.1, 0.15) is 6.54 Å². The smallest absolute Gasteiger partial charge is 0.326 e. The Kier molecular flexibility index (Phi) is 4.21. The largest absolute Gasteiger partial charge is 0.456 e. The Hall–Kier alpha value is -2.76. The van der Waals surface area contributed by atoms with Crippen LogP contribution >= 0.6 is 0 Å². The summed E-state index contributed by atoms with van der Waals surface area (Å²) >= 11 is 0. The molecule has 2 fully saturated rings. The number of nitrogens with zero attached hydrogens (tertiary/aromatic N) is 1. The molecule has 1 heterocycles. The number of hydrogen-bond acceptors (Lipinski definition) is 5. The van der Waals surface area contributed by atoms with E-state index in [1.54, 1.807) is 12.1 Å². The predicted molar refractivity (Wildman–Crippen MR) is 95.6 cm³/mol. The molecule has 2 amide bonds. The number of carbonyl (C=O) groups excluding carboxylic acids is 4. The van der Waals surface area contributed by atoms with Crippen LogP contribution in [0.3, 0.4) is 0 Å². The Balaban J connectivity index is 1.35. The van der Waals surface area contributed by atoms with Gasteiger partial charge in [-0.2, -0.15) is 0 Å². The van der Waals surface area contributed by atoms with Crippen molar-refractivity contribution in [3.63, 3.8) is 0 Å². The number of aryl methyl sites for hydroxylation is 2. The lowest BCUT2D eigenvalue weighted by Gasteiger charge is -2.16. The molecular formula is C21H21NO5.